The number of aryl methyl sites for hydroxylation is 1. The molecule has 2 atom stereocenters. The number of rotatable bonds is 10. The molecule has 2 aromatic carbocycles. The lowest BCUT2D eigenvalue weighted by Gasteiger charge is -2.20. The Labute approximate surface area is 206 Å². The van der Waals surface area contributed by atoms with Crippen molar-refractivity contribution in [2.75, 3.05) is 37.0 Å². The third-order valence-corrected chi connectivity index (χ3v) is 6.31. The van der Waals surface area contributed by atoms with Gasteiger partial charge in [-0.15, -0.1) is 0 Å². The molecule has 1 fully saturated rings. The fourth-order valence-electron chi connectivity index (χ4n) is 4.29. The topological polar surface area (TPSA) is 90.3 Å². The number of nitrogens with one attached hydrogen (secondary N) is 2. The van der Waals surface area contributed by atoms with Crippen molar-refractivity contribution in [1.29, 1.82) is 5.26 Å². The lowest BCUT2D eigenvalue weighted by atomic mass is 10.0. The van der Waals surface area contributed by atoms with Crippen molar-refractivity contribution in [1.82, 2.24) is 10.3 Å². The van der Waals surface area contributed by atoms with Crippen LogP contribution < -0.4 is 15.5 Å². The molecule has 7 heteroatoms. The van der Waals surface area contributed by atoms with Crippen molar-refractivity contribution < 1.29 is 9.53 Å². The molecular formula is C28H31N5O2. The quantitative estimate of drug-likeness (QED) is 0.435. The van der Waals surface area contributed by atoms with E-state index in [9.17, 15) is 4.79 Å². The van der Waals surface area contributed by atoms with E-state index >= 15 is 0 Å². The maximum atomic E-state index is 13.2. The second-order valence-corrected chi connectivity index (χ2v) is 8.69. The Kier molecular flexibility index (Phi) is 8.44. The van der Waals surface area contributed by atoms with E-state index in [1.807, 2.05) is 66.7 Å². The normalized spacial score (nSPS) is 16.0. The maximum absolute atomic E-state index is 13.2. The molecule has 3 aromatic rings. The zero-order chi connectivity index (χ0) is 24.5. The Balaban J connectivity index is 1.34. The minimum absolute atomic E-state index is 0.143. The number of nitriles is 1. The minimum atomic E-state index is -0.486. The van der Waals surface area contributed by atoms with Gasteiger partial charge in [0.05, 0.1) is 29.6 Å². The maximum Gasteiger partial charge on any atom is 0.247 e. The molecule has 35 heavy (non-hydrogen) atoms. The number of hydrogen-bond donors (Lipinski definition) is 2. The van der Waals surface area contributed by atoms with Crippen LogP contribution in [0.2, 0.25) is 0 Å². The summed E-state index contributed by atoms with van der Waals surface area (Å²) in [5.41, 5.74) is 3.77. The monoisotopic (exact) mass is 469 g/mol. The SMILES string of the molecule is COC1CCN(c2ccc(NC(=O)[C@@H](NCCCc3ccc(C#N)cc3)c3ccccc3)nc2)C1. The summed E-state index contributed by atoms with van der Waals surface area (Å²) in [6, 6.07) is 22.8. The average Bonchev–Trinajstić information content (AvgIpc) is 3.39. The molecule has 4 rings (SSSR count). The van der Waals surface area contributed by atoms with Crippen LogP contribution in [0, 0.1) is 11.3 Å². The van der Waals surface area contributed by atoms with Gasteiger partial charge in [0.25, 0.3) is 0 Å². The van der Waals surface area contributed by atoms with Crippen LogP contribution in [0.4, 0.5) is 11.5 Å². The fourth-order valence-corrected chi connectivity index (χ4v) is 4.29. The van der Waals surface area contributed by atoms with Crippen LogP contribution in [0.3, 0.4) is 0 Å². The van der Waals surface area contributed by atoms with Gasteiger partial charge in [-0.2, -0.15) is 5.26 Å². The highest BCUT2D eigenvalue weighted by atomic mass is 16.5. The van der Waals surface area contributed by atoms with Crippen LogP contribution in [-0.2, 0) is 16.0 Å². The molecule has 1 saturated heterocycles. The fraction of sp³-hybridized carbons (Fsp3) is 0.321. The van der Waals surface area contributed by atoms with Crippen LogP contribution in [-0.4, -0.2) is 43.7 Å². The second-order valence-electron chi connectivity index (χ2n) is 8.69. The molecule has 1 unspecified atom stereocenters. The smallest absolute Gasteiger partial charge is 0.247 e. The number of ether oxygens (including phenoxy) is 1. The van der Waals surface area contributed by atoms with Gasteiger partial charge >= 0.3 is 0 Å². The van der Waals surface area contributed by atoms with Crippen molar-refractivity contribution in [2.45, 2.75) is 31.4 Å². The van der Waals surface area contributed by atoms with E-state index in [0.717, 1.165) is 43.6 Å². The van der Waals surface area contributed by atoms with E-state index in [-0.39, 0.29) is 12.0 Å². The number of carbonyl (C=O) groups excluding carboxylic acids is 1. The lowest BCUT2D eigenvalue weighted by molar-refractivity contribution is -0.118. The van der Waals surface area contributed by atoms with Gasteiger partial charge in [0, 0.05) is 20.2 Å². The molecule has 1 aliphatic heterocycles. The molecular weight excluding hydrogens is 438 g/mol. The van der Waals surface area contributed by atoms with Crippen LogP contribution in [0.5, 0.6) is 0 Å². The Hall–Kier alpha value is -3.73. The molecule has 1 amide bonds. The first-order chi connectivity index (χ1) is 17.2. The molecule has 0 saturated carbocycles. The number of aromatic nitrogens is 1. The van der Waals surface area contributed by atoms with Gasteiger partial charge in [-0.3, -0.25) is 4.79 Å². The van der Waals surface area contributed by atoms with Crippen LogP contribution in [0.25, 0.3) is 0 Å². The van der Waals surface area contributed by atoms with Gasteiger partial charge in [-0.25, -0.2) is 4.98 Å². The summed E-state index contributed by atoms with van der Waals surface area (Å²) in [4.78, 5) is 19.9. The highest BCUT2D eigenvalue weighted by molar-refractivity contribution is 5.94. The predicted molar refractivity (Wildman–Crippen MR) is 137 cm³/mol. The summed E-state index contributed by atoms with van der Waals surface area (Å²) >= 11 is 0. The van der Waals surface area contributed by atoms with Crippen molar-refractivity contribution >= 4 is 17.4 Å². The first-order valence-electron chi connectivity index (χ1n) is 12.0. The highest BCUT2D eigenvalue weighted by Crippen LogP contribution is 2.22. The number of hydrogen-bond acceptors (Lipinski definition) is 6. The second kappa shape index (κ2) is 12.1. The number of pyridine rings is 1. The van der Waals surface area contributed by atoms with E-state index in [1.165, 1.54) is 5.56 Å². The first kappa shape index (κ1) is 24.4. The molecule has 0 bridgehead atoms. The van der Waals surface area contributed by atoms with E-state index in [1.54, 1.807) is 13.3 Å². The molecule has 1 aromatic heterocycles. The number of benzene rings is 2. The molecule has 2 heterocycles. The number of nitrogens with zero attached hydrogens (tertiary/aromatic N) is 3. The molecule has 0 radical (unpaired) electrons. The van der Waals surface area contributed by atoms with Crippen LogP contribution >= 0.6 is 0 Å². The summed E-state index contributed by atoms with van der Waals surface area (Å²) in [6.07, 6.45) is 4.80. The molecule has 0 spiro atoms. The molecule has 2 N–H and O–H groups in total. The number of carbonyl (C=O) groups is 1. The zero-order valence-electron chi connectivity index (χ0n) is 20.0. The van der Waals surface area contributed by atoms with E-state index in [0.29, 0.717) is 17.9 Å². The standard InChI is InChI=1S/C28H31N5O2/c1-35-25-15-17-33(20-25)24-13-14-26(31-19-24)32-28(34)27(23-7-3-2-4-8-23)30-16-5-6-21-9-11-22(18-29)12-10-21/h2-4,7-14,19,25,27,30H,5-6,15-17,20H2,1H3,(H,31,32,34)/t25?,27-/m0/s1. The predicted octanol–water partition coefficient (Wildman–Crippen LogP) is 4.08. The third-order valence-electron chi connectivity index (χ3n) is 6.31. The molecule has 180 valence electrons. The third kappa shape index (κ3) is 6.66. The zero-order valence-corrected chi connectivity index (χ0v) is 20.0. The van der Waals surface area contributed by atoms with Gasteiger partial charge in [-0.1, -0.05) is 42.5 Å². The summed E-state index contributed by atoms with van der Waals surface area (Å²) in [5.74, 6) is 0.386. The molecule has 1 aliphatic rings. The summed E-state index contributed by atoms with van der Waals surface area (Å²) < 4.78 is 5.44. The lowest BCUT2D eigenvalue weighted by Crippen LogP contribution is -2.34. The Morgan fingerprint density at radius 1 is 1.17 bits per heavy atom. The largest absolute Gasteiger partial charge is 0.380 e. The highest BCUT2D eigenvalue weighted by Gasteiger charge is 2.23. The van der Waals surface area contributed by atoms with Gasteiger partial charge in [-0.05, 0) is 61.2 Å². The Morgan fingerprint density at radius 3 is 2.63 bits per heavy atom. The van der Waals surface area contributed by atoms with E-state index < -0.39 is 6.04 Å². The summed E-state index contributed by atoms with van der Waals surface area (Å²) in [5, 5.41) is 15.3. The van der Waals surface area contributed by atoms with Crippen molar-refractivity contribution in [3.8, 4) is 6.07 Å². The molecule has 7 nitrogen and oxygen atoms in total. The van der Waals surface area contributed by atoms with Gasteiger partial charge in [0.15, 0.2) is 0 Å². The average molecular weight is 470 g/mol. The first-order valence-corrected chi connectivity index (χ1v) is 12.0. The van der Waals surface area contributed by atoms with Crippen molar-refractivity contribution in [3.63, 3.8) is 0 Å². The van der Waals surface area contributed by atoms with Crippen molar-refractivity contribution in [2.24, 2.45) is 0 Å². The summed E-state index contributed by atoms with van der Waals surface area (Å²) in [7, 11) is 1.75. The van der Waals surface area contributed by atoms with Crippen LogP contribution in [0.1, 0.15) is 35.6 Å². The number of anilines is 2. The van der Waals surface area contributed by atoms with Gasteiger partial charge in [0.2, 0.25) is 5.91 Å². The Morgan fingerprint density at radius 2 is 1.97 bits per heavy atom. The van der Waals surface area contributed by atoms with Crippen molar-refractivity contribution in [3.05, 3.63) is 89.6 Å². The van der Waals surface area contributed by atoms with Gasteiger partial charge < -0.3 is 20.3 Å². The number of methoxy groups -OCH3 is 1. The minimum Gasteiger partial charge on any atom is -0.380 e. The van der Waals surface area contributed by atoms with Crippen LogP contribution in [0.15, 0.2) is 72.9 Å². The van der Waals surface area contributed by atoms with E-state index in [4.69, 9.17) is 10.00 Å². The Bertz CT molecular complexity index is 1130. The van der Waals surface area contributed by atoms with Gasteiger partial charge in [0.1, 0.15) is 11.9 Å². The van der Waals surface area contributed by atoms with E-state index in [2.05, 4.69) is 26.6 Å². The molecule has 0 aliphatic carbocycles. The number of amides is 1. The summed E-state index contributed by atoms with van der Waals surface area (Å²) in [6.45, 7) is 2.47.